The highest BCUT2D eigenvalue weighted by molar-refractivity contribution is 7.21. The highest BCUT2D eigenvalue weighted by Crippen LogP contribution is 2.40. The van der Waals surface area contributed by atoms with E-state index in [0.29, 0.717) is 0 Å². The normalized spacial score (nSPS) is 12.4. The number of hydrogen-bond donors (Lipinski definition) is 1. The number of thiazole rings is 1. The molecule has 3 aromatic carbocycles. The summed E-state index contributed by atoms with van der Waals surface area (Å²) in [5.74, 6) is 0.289. The van der Waals surface area contributed by atoms with E-state index >= 15 is 0 Å². The van der Waals surface area contributed by atoms with Gasteiger partial charge in [0.1, 0.15) is 10.8 Å². The molecule has 1 N–H and O–H groups in total. The largest absolute Gasteiger partial charge is 0.508 e. The standard InChI is InChI=1S/C21H15NOS/c1-12-2-5-17-14(8-12)10-15-9-13(3-6-18(15)17)21-22-19-7-4-16(23)11-20(19)24-21/h2-9,11,23H,10H2,1H3. The van der Waals surface area contributed by atoms with Gasteiger partial charge in [-0.3, -0.25) is 0 Å². The van der Waals surface area contributed by atoms with Crippen molar-refractivity contribution in [2.75, 3.05) is 0 Å². The fourth-order valence-corrected chi connectivity index (χ4v) is 4.50. The van der Waals surface area contributed by atoms with Crippen LogP contribution in [0.5, 0.6) is 5.75 Å². The van der Waals surface area contributed by atoms with Crippen LogP contribution in [-0.4, -0.2) is 10.1 Å². The molecule has 1 aromatic heterocycles. The van der Waals surface area contributed by atoms with Crippen LogP contribution in [0.4, 0.5) is 0 Å². The van der Waals surface area contributed by atoms with E-state index in [1.54, 1.807) is 23.5 Å². The first-order valence-corrected chi connectivity index (χ1v) is 8.82. The van der Waals surface area contributed by atoms with E-state index in [9.17, 15) is 5.11 Å². The quantitative estimate of drug-likeness (QED) is 0.437. The van der Waals surface area contributed by atoms with Crippen molar-refractivity contribution in [1.82, 2.24) is 4.98 Å². The molecule has 1 heterocycles. The Morgan fingerprint density at radius 3 is 2.58 bits per heavy atom. The van der Waals surface area contributed by atoms with Crippen molar-refractivity contribution in [3.63, 3.8) is 0 Å². The summed E-state index contributed by atoms with van der Waals surface area (Å²) in [4.78, 5) is 4.72. The number of nitrogens with zero attached hydrogens (tertiary/aromatic N) is 1. The van der Waals surface area contributed by atoms with E-state index in [2.05, 4.69) is 43.3 Å². The lowest BCUT2D eigenvalue weighted by Gasteiger charge is -2.03. The van der Waals surface area contributed by atoms with Crippen molar-refractivity contribution in [1.29, 1.82) is 0 Å². The molecule has 0 radical (unpaired) electrons. The summed E-state index contributed by atoms with van der Waals surface area (Å²) in [7, 11) is 0. The first-order chi connectivity index (χ1) is 11.7. The van der Waals surface area contributed by atoms with Gasteiger partial charge in [0.2, 0.25) is 0 Å². The highest BCUT2D eigenvalue weighted by Gasteiger charge is 2.19. The molecule has 116 valence electrons. The summed E-state index contributed by atoms with van der Waals surface area (Å²) >= 11 is 1.63. The van der Waals surface area contributed by atoms with Crippen molar-refractivity contribution in [2.24, 2.45) is 0 Å². The Kier molecular flexibility index (Phi) is 2.82. The third-order valence-electron chi connectivity index (χ3n) is 4.66. The molecule has 3 heteroatoms. The van der Waals surface area contributed by atoms with Gasteiger partial charge in [-0.15, -0.1) is 11.3 Å². The molecule has 0 bridgehead atoms. The SMILES string of the molecule is Cc1ccc2c(c1)Cc1cc(-c3nc4ccc(O)cc4s3)ccc1-2. The van der Waals surface area contributed by atoms with Crippen molar-refractivity contribution in [3.8, 4) is 27.4 Å². The van der Waals surface area contributed by atoms with Crippen molar-refractivity contribution in [3.05, 3.63) is 71.3 Å². The summed E-state index contributed by atoms with van der Waals surface area (Å²) in [5.41, 5.74) is 8.88. The second-order valence-corrected chi connectivity index (χ2v) is 7.41. The zero-order chi connectivity index (χ0) is 16.3. The number of aromatic nitrogens is 1. The zero-order valence-corrected chi connectivity index (χ0v) is 14.0. The number of phenols is 1. The van der Waals surface area contributed by atoms with Crippen LogP contribution in [0.1, 0.15) is 16.7 Å². The van der Waals surface area contributed by atoms with Gasteiger partial charge in [0.25, 0.3) is 0 Å². The number of fused-ring (bicyclic) bond motifs is 4. The van der Waals surface area contributed by atoms with E-state index in [4.69, 9.17) is 4.98 Å². The Morgan fingerprint density at radius 1 is 0.917 bits per heavy atom. The Hall–Kier alpha value is -2.65. The molecule has 0 spiro atoms. The van der Waals surface area contributed by atoms with Gasteiger partial charge in [-0.1, -0.05) is 35.9 Å². The fraction of sp³-hybridized carbons (Fsp3) is 0.0952. The average molecular weight is 329 g/mol. The minimum atomic E-state index is 0.289. The molecule has 0 amide bonds. The van der Waals surface area contributed by atoms with Crippen LogP contribution in [-0.2, 0) is 6.42 Å². The average Bonchev–Trinajstić information content (AvgIpc) is 3.13. The van der Waals surface area contributed by atoms with E-state index < -0.39 is 0 Å². The van der Waals surface area contributed by atoms with E-state index in [1.165, 1.54) is 27.8 Å². The van der Waals surface area contributed by atoms with Gasteiger partial charge in [-0.05, 0) is 59.9 Å². The predicted octanol–water partition coefficient (Wildman–Crippen LogP) is 5.55. The minimum absolute atomic E-state index is 0.289. The Balaban J connectivity index is 1.61. The predicted molar refractivity (Wildman–Crippen MR) is 99.7 cm³/mol. The molecule has 0 saturated carbocycles. The lowest BCUT2D eigenvalue weighted by molar-refractivity contribution is 0.476. The van der Waals surface area contributed by atoms with Crippen LogP contribution in [0.2, 0.25) is 0 Å². The molecular formula is C21H15NOS. The summed E-state index contributed by atoms with van der Waals surface area (Å²) < 4.78 is 1.02. The molecule has 4 aromatic rings. The van der Waals surface area contributed by atoms with Crippen LogP contribution >= 0.6 is 11.3 Å². The Bertz CT molecular complexity index is 1110. The number of benzene rings is 3. The van der Waals surface area contributed by atoms with Gasteiger partial charge in [-0.25, -0.2) is 4.98 Å². The number of aryl methyl sites for hydroxylation is 1. The first-order valence-electron chi connectivity index (χ1n) is 8.00. The lowest BCUT2D eigenvalue weighted by atomic mass is 10.0. The van der Waals surface area contributed by atoms with Crippen LogP contribution in [0.15, 0.2) is 54.6 Å². The first kappa shape index (κ1) is 13.8. The lowest BCUT2D eigenvalue weighted by Crippen LogP contribution is -1.83. The monoisotopic (exact) mass is 329 g/mol. The Labute approximate surface area is 144 Å². The van der Waals surface area contributed by atoms with Crippen LogP contribution < -0.4 is 0 Å². The maximum absolute atomic E-state index is 9.64. The third kappa shape index (κ3) is 2.05. The van der Waals surface area contributed by atoms with E-state index in [0.717, 1.165) is 27.2 Å². The van der Waals surface area contributed by atoms with Gasteiger partial charge in [0, 0.05) is 5.56 Å². The highest BCUT2D eigenvalue weighted by atomic mass is 32.1. The van der Waals surface area contributed by atoms with Crippen LogP contribution in [0.3, 0.4) is 0 Å². The minimum Gasteiger partial charge on any atom is -0.508 e. The second kappa shape index (κ2) is 4.92. The summed E-state index contributed by atoms with van der Waals surface area (Å²) in [6.07, 6.45) is 0.992. The van der Waals surface area contributed by atoms with Gasteiger partial charge in [0.15, 0.2) is 0 Å². The maximum Gasteiger partial charge on any atom is 0.124 e. The molecule has 2 nitrogen and oxygen atoms in total. The van der Waals surface area contributed by atoms with Gasteiger partial charge >= 0.3 is 0 Å². The second-order valence-electron chi connectivity index (χ2n) is 6.38. The molecule has 1 aliphatic rings. The number of aromatic hydroxyl groups is 1. The van der Waals surface area contributed by atoms with Gasteiger partial charge < -0.3 is 5.11 Å². The molecule has 0 saturated heterocycles. The Morgan fingerprint density at radius 2 is 1.71 bits per heavy atom. The molecule has 0 aliphatic heterocycles. The smallest absolute Gasteiger partial charge is 0.124 e. The number of phenolic OH excluding ortho intramolecular Hbond substituents is 1. The topological polar surface area (TPSA) is 33.1 Å². The van der Waals surface area contributed by atoms with Crippen LogP contribution in [0, 0.1) is 6.92 Å². The van der Waals surface area contributed by atoms with Crippen molar-refractivity contribution >= 4 is 21.6 Å². The summed E-state index contributed by atoms with van der Waals surface area (Å²) in [6.45, 7) is 2.14. The van der Waals surface area contributed by atoms with E-state index in [1.807, 2.05) is 6.07 Å². The fourth-order valence-electron chi connectivity index (χ4n) is 3.51. The van der Waals surface area contributed by atoms with Crippen molar-refractivity contribution in [2.45, 2.75) is 13.3 Å². The third-order valence-corrected chi connectivity index (χ3v) is 5.72. The van der Waals surface area contributed by atoms with Crippen molar-refractivity contribution < 1.29 is 5.11 Å². The van der Waals surface area contributed by atoms with Crippen LogP contribution in [0.25, 0.3) is 31.9 Å². The van der Waals surface area contributed by atoms with E-state index in [-0.39, 0.29) is 5.75 Å². The number of rotatable bonds is 1. The zero-order valence-electron chi connectivity index (χ0n) is 13.2. The molecule has 0 unspecified atom stereocenters. The molecular weight excluding hydrogens is 314 g/mol. The number of hydrogen-bond acceptors (Lipinski definition) is 3. The summed E-state index contributed by atoms with van der Waals surface area (Å²) in [5, 5.41) is 10.6. The molecule has 0 fully saturated rings. The maximum atomic E-state index is 9.64. The molecule has 24 heavy (non-hydrogen) atoms. The van der Waals surface area contributed by atoms with Gasteiger partial charge in [-0.2, -0.15) is 0 Å². The molecule has 1 aliphatic carbocycles. The van der Waals surface area contributed by atoms with Gasteiger partial charge in [0.05, 0.1) is 10.2 Å². The molecule has 5 rings (SSSR count). The summed E-state index contributed by atoms with van der Waals surface area (Å²) in [6, 6.07) is 18.7. The molecule has 0 atom stereocenters.